The monoisotopic (exact) mass is 402 g/mol. The molecule has 11 nitrogen and oxygen atoms in total. The van der Waals surface area contributed by atoms with Crippen molar-refractivity contribution in [2.24, 2.45) is 14.1 Å². The van der Waals surface area contributed by atoms with E-state index in [-0.39, 0.29) is 30.2 Å². The maximum absolute atomic E-state index is 12.9. The van der Waals surface area contributed by atoms with Crippen LogP contribution in [-0.4, -0.2) is 44.4 Å². The molecule has 0 saturated carbocycles. The van der Waals surface area contributed by atoms with Gasteiger partial charge in [-0.1, -0.05) is 12.1 Å². The van der Waals surface area contributed by atoms with Crippen LogP contribution in [0.1, 0.15) is 23.5 Å². The van der Waals surface area contributed by atoms with Gasteiger partial charge in [0.2, 0.25) is 5.88 Å². The molecule has 4 rings (SSSR count). The highest BCUT2D eigenvalue weighted by atomic mass is 16.6. The second kappa shape index (κ2) is 6.76. The molecule has 0 spiro atoms. The number of fused-ring (bicyclic) bond motifs is 1. The number of hydrogen-bond acceptors (Lipinski definition) is 7. The van der Waals surface area contributed by atoms with E-state index in [2.05, 4.69) is 0 Å². The number of rotatable bonds is 3. The normalized spacial score (nSPS) is 20.8. The predicted molar refractivity (Wildman–Crippen MR) is 99.0 cm³/mol. The SMILES string of the molecule is Cn1c2c(c(=O)n(C)c1=O)[C@H](c1ccc([N+](=O)[O-])cc1)C[C@@H](N1CCOC1=O)O2. The number of hydrogen-bond donors (Lipinski definition) is 0. The molecule has 1 amide bonds. The Labute approximate surface area is 163 Å². The Morgan fingerprint density at radius 2 is 1.79 bits per heavy atom. The van der Waals surface area contributed by atoms with Crippen LogP contribution in [0.25, 0.3) is 0 Å². The Kier molecular flexibility index (Phi) is 4.36. The summed E-state index contributed by atoms with van der Waals surface area (Å²) in [4.78, 5) is 49.2. The maximum atomic E-state index is 12.9. The lowest BCUT2D eigenvalue weighted by atomic mass is 9.87. The van der Waals surface area contributed by atoms with Gasteiger partial charge >= 0.3 is 11.8 Å². The lowest BCUT2D eigenvalue weighted by molar-refractivity contribution is -0.384. The Morgan fingerprint density at radius 1 is 1.10 bits per heavy atom. The summed E-state index contributed by atoms with van der Waals surface area (Å²) < 4.78 is 13.1. The van der Waals surface area contributed by atoms with E-state index in [9.17, 15) is 24.5 Å². The lowest BCUT2D eigenvalue weighted by Gasteiger charge is -2.36. The van der Waals surface area contributed by atoms with E-state index in [0.29, 0.717) is 12.1 Å². The van der Waals surface area contributed by atoms with Crippen LogP contribution in [0.4, 0.5) is 10.5 Å². The van der Waals surface area contributed by atoms with Crippen molar-refractivity contribution in [3.8, 4) is 5.88 Å². The molecule has 1 saturated heterocycles. The number of benzene rings is 1. The number of nitro benzene ring substituents is 1. The molecule has 1 fully saturated rings. The summed E-state index contributed by atoms with van der Waals surface area (Å²) in [6, 6.07) is 5.86. The van der Waals surface area contributed by atoms with Gasteiger partial charge in [0, 0.05) is 38.6 Å². The van der Waals surface area contributed by atoms with Crippen molar-refractivity contribution >= 4 is 11.8 Å². The molecule has 1 aromatic carbocycles. The summed E-state index contributed by atoms with van der Waals surface area (Å²) in [6.45, 7) is 0.549. The summed E-state index contributed by atoms with van der Waals surface area (Å²) in [5.41, 5.74) is -0.218. The fourth-order valence-electron chi connectivity index (χ4n) is 3.78. The van der Waals surface area contributed by atoms with Crippen molar-refractivity contribution in [1.82, 2.24) is 14.0 Å². The first kappa shape index (κ1) is 18.7. The van der Waals surface area contributed by atoms with Gasteiger partial charge in [0.1, 0.15) is 6.61 Å². The van der Waals surface area contributed by atoms with E-state index in [1.54, 1.807) is 12.1 Å². The first-order valence-electron chi connectivity index (χ1n) is 8.94. The predicted octanol–water partition coefficient (Wildman–Crippen LogP) is 0.685. The quantitative estimate of drug-likeness (QED) is 0.546. The third-order valence-corrected chi connectivity index (χ3v) is 5.32. The highest BCUT2D eigenvalue weighted by Gasteiger charge is 2.41. The van der Waals surface area contributed by atoms with E-state index in [4.69, 9.17) is 9.47 Å². The first-order chi connectivity index (χ1) is 13.8. The number of amides is 1. The fourth-order valence-corrected chi connectivity index (χ4v) is 3.78. The topological polar surface area (TPSA) is 126 Å². The number of non-ortho nitro benzene ring substituents is 1. The van der Waals surface area contributed by atoms with Gasteiger partial charge in [0.05, 0.1) is 17.0 Å². The molecule has 0 N–H and O–H groups in total. The highest BCUT2D eigenvalue weighted by Crippen LogP contribution is 2.39. The van der Waals surface area contributed by atoms with Gasteiger partial charge < -0.3 is 9.47 Å². The second-order valence-corrected chi connectivity index (χ2v) is 6.94. The zero-order chi connectivity index (χ0) is 20.9. The van der Waals surface area contributed by atoms with Gasteiger partial charge in [-0.05, 0) is 5.56 Å². The van der Waals surface area contributed by atoms with Crippen molar-refractivity contribution in [3.63, 3.8) is 0 Å². The van der Waals surface area contributed by atoms with E-state index in [1.165, 1.54) is 35.7 Å². The molecule has 2 aliphatic heterocycles. The van der Waals surface area contributed by atoms with Crippen molar-refractivity contribution in [2.45, 2.75) is 18.6 Å². The fraction of sp³-hybridized carbons (Fsp3) is 0.389. The number of nitrogens with zero attached hydrogens (tertiary/aromatic N) is 4. The number of aromatic nitrogens is 2. The Bertz CT molecular complexity index is 1120. The van der Waals surface area contributed by atoms with E-state index >= 15 is 0 Å². The van der Waals surface area contributed by atoms with Crippen molar-refractivity contribution < 1.29 is 19.2 Å². The maximum Gasteiger partial charge on any atom is 0.412 e. The Balaban J connectivity index is 1.87. The van der Waals surface area contributed by atoms with Gasteiger partial charge in [0.25, 0.3) is 11.2 Å². The minimum absolute atomic E-state index is 0.0749. The number of carbonyl (C=O) groups is 1. The number of cyclic esters (lactones) is 1. The third-order valence-electron chi connectivity index (χ3n) is 5.32. The number of carbonyl (C=O) groups excluding carboxylic acids is 1. The van der Waals surface area contributed by atoms with E-state index < -0.39 is 34.4 Å². The molecule has 3 heterocycles. The third kappa shape index (κ3) is 2.94. The molecule has 1 aromatic heterocycles. The summed E-state index contributed by atoms with van der Waals surface area (Å²) in [6.07, 6.45) is -1.03. The van der Waals surface area contributed by atoms with Gasteiger partial charge in [0.15, 0.2) is 6.23 Å². The second-order valence-electron chi connectivity index (χ2n) is 6.94. The number of nitro groups is 1. The molecule has 0 unspecified atom stereocenters. The average Bonchev–Trinajstić information content (AvgIpc) is 3.15. The summed E-state index contributed by atoms with van der Waals surface area (Å²) >= 11 is 0. The molecule has 152 valence electrons. The van der Waals surface area contributed by atoms with E-state index in [0.717, 1.165) is 4.57 Å². The molecule has 2 aromatic rings. The van der Waals surface area contributed by atoms with Gasteiger partial charge in [-0.15, -0.1) is 0 Å². The molecule has 2 atom stereocenters. The van der Waals surface area contributed by atoms with Gasteiger partial charge in [-0.2, -0.15) is 0 Å². The Hall–Kier alpha value is -3.63. The van der Waals surface area contributed by atoms with Crippen molar-refractivity contribution in [2.75, 3.05) is 13.2 Å². The zero-order valence-electron chi connectivity index (χ0n) is 15.7. The zero-order valence-corrected chi connectivity index (χ0v) is 15.7. The molecular formula is C18H18N4O7. The lowest BCUT2D eigenvalue weighted by Crippen LogP contribution is -2.49. The minimum Gasteiger partial charge on any atom is -0.454 e. The standard InChI is InChI=1S/C18H18N4O7/c1-19-15(23)14-12(10-3-5-11(6-4-10)22(26)27)9-13(21-7-8-28-18(21)25)29-16(14)20(2)17(19)24/h3-6,12-13H,7-9H2,1-2H3/t12-,13-/m0/s1. The van der Waals surface area contributed by atoms with Crippen LogP contribution in [0.15, 0.2) is 33.9 Å². The van der Waals surface area contributed by atoms with Crippen LogP contribution >= 0.6 is 0 Å². The van der Waals surface area contributed by atoms with Gasteiger partial charge in [-0.3, -0.25) is 28.9 Å². The van der Waals surface area contributed by atoms with Crippen LogP contribution in [0, 0.1) is 10.1 Å². The molecular weight excluding hydrogens is 384 g/mol. The number of ether oxygens (including phenoxy) is 2. The van der Waals surface area contributed by atoms with Gasteiger partial charge in [-0.25, -0.2) is 9.59 Å². The first-order valence-corrected chi connectivity index (χ1v) is 8.94. The smallest absolute Gasteiger partial charge is 0.412 e. The molecule has 2 aliphatic rings. The van der Waals surface area contributed by atoms with E-state index in [1.807, 2.05) is 0 Å². The minimum atomic E-state index is -0.740. The molecule has 0 bridgehead atoms. The van der Waals surface area contributed by atoms with Crippen LogP contribution < -0.4 is 16.0 Å². The van der Waals surface area contributed by atoms with Crippen molar-refractivity contribution in [1.29, 1.82) is 0 Å². The molecule has 29 heavy (non-hydrogen) atoms. The Morgan fingerprint density at radius 3 is 2.38 bits per heavy atom. The van der Waals surface area contributed by atoms with Crippen LogP contribution in [0.3, 0.4) is 0 Å². The molecule has 0 aliphatic carbocycles. The van der Waals surface area contributed by atoms with Crippen LogP contribution in [0.2, 0.25) is 0 Å². The van der Waals surface area contributed by atoms with Crippen LogP contribution in [-0.2, 0) is 18.8 Å². The molecule has 0 radical (unpaired) electrons. The van der Waals surface area contributed by atoms with Crippen LogP contribution in [0.5, 0.6) is 5.88 Å². The largest absolute Gasteiger partial charge is 0.454 e. The summed E-state index contributed by atoms with van der Waals surface area (Å²) in [5.74, 6) is -0.444. The average molecular weight is 402 g/mol. The summed E-state index contributed by atoms with van der Waals surface area (Å²) in [5, 5.41) is 11.0. The highest BCUT2D eigenvalue weighted by molar-refractivity contribution is 5.69. The molecule has 11 heteroatoms. The van der Waals surface area contributed by atoms with Crippen molar-refractivity contribution in [3.05, 3.63) is 66.3 Å². The summed E-state index contributed by atoms with van der Waals surface area (Å²) in [7, 11) is 2.86.